The van der Waals surface area contributed by atoms with Crippen molar-refractivity contribution in [3.8, 4) is 22.9 Å². The number of halogens is 1. The molecule has 0 saturated heterocycles. The molecule has 0 saturated carbocycles. The first-order valence-electron chi connectivity index (χ1n) is 8.01. The number of aryl methyl sites for hydroxylation is 2. The molecular weight excluding hydrogens is 322 g/mol. The molecule has 118 valence electrons. The second kappa shape index (κ2) is 5.21. The van der Waals surface area contributed by atoms with Crippen LogP contribution in [0.2, 0.25) is 5.02 Å². The summed E-state index contributed by atoms with van der Waals surface area (Å²) in [4.78, 5) is 0. The second-order valence-electron chi connectivity index (χ2n) is 6.05. The summed E-state index contributed by atoms with van der Waals surface area (Å²) >= 11 is 6.23. The first kappa shape index (κ1) is 13.8. The summed E-state index contributed by atoms with van der Waals surface area (Å²) in [5, 5.41) is 10.2. The van der Waals surface area contributed by atoms with Crippen molar-refractivity contribution in [3.63, 3.8) is 0 Å². The van der Waals surface area contributed by atoms with Gasteiger partial charge in [0.2, 0.25) is 11.8 Å². The van der Waals surface area contributed by atoms with E-state index in [1.54, 1.807) is 0 Å². The van der Waals surface area contributed by atoms with Gasteiger partial charge in [-0.05, 0) is 30.5 Å². The normalized spacial score (nSPS) is 13.5. The molecule has 0 amide bonds. The molecule has 0 spiro atoms. The van der Waals surface area contributed by atoms with E-state index in [2.05, 4.69) is 39.2 Å². The number of hydrogen-bond donors (Lipinski definition) is 0. The van der Waals surface area contributed by atoms with Crippen LogP contribution in [0.4, 0.5) is 0 Å². The quantitative estimate of drug-likeness (QED) is 0.520. The molecule has 3 heterocycles. The van der Waals surface area contributed by atoms with Gasteiger partial charge in [-0.3, -0.25) is 0 Å². The van der Waals surface area contributed by atoms with Gasteiger partial charge in [0.1, 0.15) is 0 Å². The lowest BCUT2D eigenvalue weighted by atomic mass is 10.0. The van der Waals surface area contributed by atoms with Crippen LogP contribution in [0.1, 0.15) is 12.0 Å². The third-order valence-electron chi connectivity index (χ3n) is 4.59. The van der Waals surface area contributed by atoms with Gasteiger partial charge >= 0.3 is 0 Å². The smallest absolute Gasteiger partial charge is 0.250 e. The molecule has 0 bridgehead atoms. The summed E-state index contributed by atoms with van der Waals surface area (Å²) in [5.74, 6) is 0.982. The zero-order valence-corrected chi connectivity index (χ0v) is 13.6. The van der Waals surface area contributed by atoms with E-state index in [9.17, 15) is 0 Å². The van der Waals surface area contributed by atoms with E-state index >= 15 is 0 Å². The highest BCUT2D eigenvalue weighted by Crippen LogP contribution is 2.36. The van der Waals surface area contributed by atoms with Gasteiger partial charge in [-0.25, -0.2) is 0 Å². The zero-order valence-electron chi connectivity index (χ0n) is 12.9. The molecule has 1 aliphatic heterocycles. The molecule has 0 atom stereocenters. The van der Waals surface area contributed by atoms with Gasteiger partial charge in [0.25, 0.3) is 0 Å². The average Bonchev–Trinajstić information content (AvgIpc) is 3.22. The maximum absolute atomic E-state index is 6.23. The Morgan fingerprint density at radius 1 is 0.958 bits per heavy atom. The third kappa shape index (κ3) is 2.00. The van der Waals surface area contributed by atoms with E-state index in [4.69, 9.17) is 16.0 Å². The number of benzene rings is 2. The van der Waals surface area contributed by atoms with Gasteiger partial charge in [-0.1, -0.05) is 41.9 Å². The van der Waals surface area contributed by atoms with Crippen molar-refractivity contribution in [2.24, 2.45) is 0 Å². The van der Waals surface area contributed by atoms with E-state index in [1.165, 1.54) is 16.5 Å². The lowest BCUT2D eigenvalue weighted by molar-refractivity contribution is 0.584. The topological polar surface area (TPSA) is 43.9 Å². The van der Waals surface area contributed by atoms with Gasteiger partial charge in [0.15, 0.2) is 0 Å². The Bertz CT molecular complexity index is 1060. The fourth-order valence-corrected chi connectivity index (χ4v) is 3.72. The summed E-state index contributed by atoms with van der Waals surface area (Å²) in [5.41, 5.74) is 4.42. The Balaban J connectivity index is 1.68. The molecule has 0 N–H and O–H groups in total. The average molecular weight is 336 g/mol. The molecule has 0 aliphatic carbocycles. The molecule has 5 rings (SSSR count). The summed E-state index contributed by atoms with van der Waals surface area (Å²) < 4.78 is 8.24. The summed E-state index contributed by atoms with van der Waals surface area (Å²) in [6, 6.07) is 13.9. The standard InChI is InChI=1S/C19H14ClN3O/c20-16-9-2-1-7-14(16)18-21-22-19(24-18)15-11-23-10-4-6-12-5-3-8-13(15)17(12)23/h1-3,5,7-9,11H,4,6,10H2. The van der Waals surface area contributed by atoms with Gasteiger partial charge in [-0.2, -0.15) is 0 Å². The minimum atomic E-state index is 0.447. The summed E-state index contributed by atoms with van der Waals surface area (Å²) in [7, 11) is 0. The van der Waals surface area contributed by atoms with E-state index in [-0.39, 0.29) is 0 Å². The van der Waals surface area contributed by atoms with Crippen molar-refractivity contribution >= 4 is 22.5 Å². The highest BCUT2D eigenvalue weighted by molar-refractivity contribution is 6.33. The fourth-order valence-electron chi connectivity index (χ4n) is 3.50. The molecule has 0 unspecified atom stereocenters. The molecule has 24 heavy (non-hydrogen) atoms. The van der Waals surface area contributed by atoms with Crippen molar-refractivity contribution in [3.05, 3.63) is 59.2 Å². The van der Waals surface area contributed by atoms with Crippen LogP contribution in [0.25, 0.3) is 33.8 Å². The number of para-hydroxylation sites is 1. The molecule has 4 aromatic rings. The first-order valence-corrected chi connectivity index (χ1v) is 8.38. The SMILES string of the molecule is Clc1ccccc1-c1nnc(-c2cn3c4c(cccc24)CCC3)o1. The highest BCUT2D eigenvalue weighted by atomic mass is 35.5. The minimum Gasteiger partial charge on any atom is -0.416 e. The Kier molecular flexibility index (Phi) is 3.00. The van der Waals surface area contributed by atoms with Gasteiger partial charge in [-0.15, -0.1) is 10.2 Å². The van der Waals surface area contributed by atoms with E-state index < -0.39 is 0 Å². The lowest BCUT2D eigenvalue weighted by Crippen LogP contribution is -2.05. The Hall–Kier alpha value is -2.59. The van der Waals surface area contributed by atoms with Crippen LogP contribution in [-0.4, -0.2) is 14.8 Å². The van der Waals surface area contributed by atoms with Crippen LogP contribution in [0, 0.1) is 0 Å². The summed E-state index contributed by atoms with van der Waals surface area (Å²) in [6.07, 6.45) is 4.40. The Morgan fingerprint density at radius 2 is 1.79 bits per heavy atom. The number of rotatable bonds is 2. The first-order chi connectivity index (χ1) is 11.8. The van der Waals surface area contributed by atoms with Crippen LogP contribution in [0.5, 0.6) is 0 Å². The van der Waals surface area contributed by atoms with E-state index in [0.29, 0.717) is 16.8 Å². The van der Waals surface area contributed by atoms with Gasteiger partial charge in [0, 0.05) is 18.1 Å². The maximum atomic E-state index is 6.23. The fraction of sp³-hybridized carbons (Fsp3) is 0.158. The van der Waals surface area contributed by atoms with Crippen molar-refractivity contribution < 1.29 is 4.42 Å². The molecule has 2 aromatic heterocycles. The Morgan fingerprint density at radius 3 is 2.67 bits per heavy atom. The molecule has 4 nitrogen and oxygen atoms in total. The van der Waals surface area contributed by atoms with Crippen molar-refractivity contribution in [2.45, 2.75) is 19.4 Å². The van der Waals surface area contributed by atoms with Crippen molar-refractivity contribution in [1.82, 2.24) is 14.8 Å². The van der Waals surface area contributed by atoms with Crippen molar-refractivity contribution in [1.29, 1.82) is 0 Å². The molecule has 2 aromatic carbocycles. The van der Waals surface area contributed by atoms with Crippen molar-refractivity contribution in [2.75, 3.05) is 0 Å². The largest absolute Gasteiger partial charge is 0.416 e. The Labute approximate surface area is 143 Å². The van der Waals surface area contributed by atoms with Gasteiger partial charge < -0.3 is 8.98 Å². The van der Waals surface area contributed by atoms with Gasteiger partial charge in [0.05, 0.1) is 21.7 Å². The second-order valence-corrected chi connectivity index (χ2v) is 6.45. The van der Waals surface area contributed by atoms with Crippen LogP contribution in [0.15, 0.2) is 53.1 Å². The predicted octanol–water partition coefficient (Wildman–Crippen LogP) is 4.96. The molecule has 5 heteroatoms. The van der Waals surface area contributed by atoms with E-state index in [1.807, 2.05) is 24.3 Å². The third-order valence-corrected chi connectivity index (χ3v) is 4.92. The minimum absolute atomic E-state index is 0.447. The van der Waals surface area contributed by atoms with E-state index in [0.717, 1.165) is 30.5 Å². The van der Waals surface area contributed by atoms with Crippen LogP contribution in [-0.2, 0) is 13.0 Å². The summed E-state index contributed by atoms with van der Waals surface area (Å²) in [6.45, 7) is 1.03. The monoisotopic (exact) mass is 335 g/mol. The number of aromatic nitrogens is 3. The molecule has 0 fully saturated rings. The van der Waals surface area contributed by atoms with Crippen LogP contribution < -0.4 is 0 Å². The zero-order chi connectivity index (χ0) is 16.1. The molecule has 1 aliphatic rings. The lowest BCUT2D eigenvalue weighted by Gasteiger charge is -2.14. The number of nitrogens with zero attached hydrogens (tertiary/aromatic N) is 3. The maximum Gasteiger partial charge on any atom is 0.250 e. The van der Waals surface area contributed by atoms with Crippen LogP contribution >= 0.6 is 11.6 Å². The number of hydrogen-bond acceptors (Lipinski definition) is 3. The van der Waals surface area contributed by atoms with Crippen LogP contribution in [0.3, 0.4) is 0 Å². The predicted molar refractivity (Wildman–Crippen MR) is 94.0 cm³/mol. The highest BCUT2D eigenvalue weighted by Gasteiger charge is 2.20. The molecule has 0 radical (unpaired) electrons. The molecular formula is C19H14ClN3O.